The molecule has 2 atom stereocenters. The average Bonchev–Trinajstić information content (AvgIpc) is 3.24. The molecule has 3 rings (SSSR count). The molecule has 1 saturated heterocycles. The van der Waals surface area contributed by atoms with Crippen LogP contribution in [0.25, 0.3) is 0 Å². The molecule has 18 heavy (non-hydrogen) atoms. The molecule has 0 aromatic rings. The van der Waals surface area contributed by atoms with E-state index in [4.69, 9.17) is 4.74 Å². The Morgan fingerprint density at radius 3 is 2.44 bits per heavy atom. The zero-order valence-corrected chi connectivity index (χ0v) is 11.9. The predicted octanol–water partition coefficient (Wildman–Crippen LogP) is 1.87. The molecular weight excluding hydrogens is 224 g/mol. The van der Waals surface area contributed by atoms with Crippen LogP contribution in [0, 0.1) is 11.8 Å². The largest absolute Gasteiger partial charge is 0.379 e. The van der Waals surface area contributed by atoms with Gasteiger partial charge in [0.05, 0.1) is 13.2 Å². The van der Waals surface area contributed by atoms with E-state index in [0.29, 0.717) is 12.1 Å². The first-order valence-electron chi connectivity index (χ1n) is 7.82. The topological polar surface area (TPSA) is 24.5 Å². The van der Waals surface area contributed by atoms with Crippen LogP contribution in [0.2, 0.25) is 0 Å². The normalized spacial score (nSPS) is 31.8. The Balaban J connectivity index is 1.46. The quantitative estimate of drug-likeness (QED) is 0.781. The van der Waals surface area contributed by atoms with Crippen molar-refractivity contribution in [1.29, 1.82) is 0 Å². The third kappa shape index (κ3) is 3.06. The Kier molecular flexibility index (Phi) is 3.92. The van der Waals surface area contributed by atoms with Crippen molar-refractivity contribution in [2.24, 2.45) is 11.8 Å². The molecule has 0 spiro atoms. The molecule has 1 aliphatic heterocycles. The lowest BCUT2D eigenvalue weighted by atomic mass is 10.1. The first-order chi connectivity index (χ1) is 8.75. The molecule has 0 bridgehead atoms. The van der Waals surface area contributed by atoms with Gasteiger partial charge in [0.25, 0.3) is 0 Å². The highest BCUT2D eigenvalue weighted by molar-refractivity contribution is 4.96. The minimum absolute atomic E-state index is 0.579. The fourth-order valence-electron chi connectivity index (χ4n) is 3.45. The minimum Gasteiger partial charge on any atom is -0.379 e. The smallest absolute Gasteiger partial charge is 0.0619 e. The van der Waals surface area contributed by atoms with Gasteiger partial charge < -0.3 is 10.1 Å². The van der Waals surface area contributed by atoms with E-state index in [1.165, 1.54) is 25.7 Å². The maximum absolute atomic E-state index is 5.52. The molecule has 0 aromatic carbocycles. The summed E-state index contributed by atoms with van der Waals surface area (Å²) in [5.41, 5.74) is 0. The Bertz CT molecular complexity index is 264. The van der Waals surface area contributed by atoms with Crippen LogP contribution in [0.15, 0.2) is 0 Å². The molecule has 3 heteroatoms. The van der Waals surface area contributed by atoms with Crippen molar-refractivity contribution in [2.75, 3.05) is 26.3 Å². The monoisotopic (exact) mass is 252 g/mol. The Labute approximate surface area is 111 Å². The third-order valence-corrected chi connectivity index (χ3v) is 4.89. The average molecular weight is 252 g/mol. The summed E-state index contributed by atoms with van der Waals surface area (Å²) < 4.78 is 5.52. The molecule has 104 valence electrons. The van der Waals surface area contributed by atoms with Crippen molar-refractivity contribution in [3.8, 4) is 0 Å². The highest BCUT2D eigenvalue weighted by Crippen LogP contribution is 2.44. The molecule has 3 fully saturated rings. The van der Waals surface area contributed by atoms with Gasteiger partial charge in [0.15, 0.2) is 0 Å². The van der Waals surface area contributed by atoms with Crippen molar-refractivity contribution in [3.05, 3.63) is 0 Å². The van der Waals surface area contributed by atoms with Crippen LogP contribution < -0.4 is 5.32 Å². The second kappa shape index (κ2) is 5.48. The summed E-state index contributed by atoms with van der Waals surface area (Å²) in [6.07, 6.45) is 5.88. The molecule has 1 N–H and O–H groups in total. The van der Waals surface area contributed by atoms with Crippen molar-refractivity contribution < 1.29 is 4.74 Å². The van der Waals surface area contributed by atoms with Gasteiger partial charge >= 0.3 is 0 Å². The molecule has 2 aliphatic carbocycles. The van der Waals surface area contributed by atoms with E-state index in [0.717, 1.165) is 44.2 Å². The molecule has 2 saturated carbocycles. The maximum atomic E-state index is 5.52. The fourth-order valence-corrected chi connectivity index (χ4v) is 3.45. The molecule has 1 heterocycles. The van der Waals surface area contributed by atoms with Gasteiger partial charge in [-0.2, -0.15) is 0 Å². The van der Waals surface area contributed by atoms with E-state index in [-0.39, 0.29) is 0 Å². The number of nitrogens with zero attached hydrogens (tertiary/aromatic N) is 1. The first-order valence-corrected chi connectivity index (χ1v) is 7.82. The first kappa shape index (κ1) is 12.9. The minimum atomic E-state index is 0.579. The number of ether oxygens (including phenoxy) is 1. The standard InChI is InChI=1S/C15H28N2O/c1-11(17-7-8-18-10-12(17)2)9-16-15(13-3-4-13)14-5-6-14/h11-16H,3-10H2,1-2H3/t11-,12-/m1/s1. The summed E-state index contributed by atoms with van der Waals surface area (Å²) in [7, 11) is 0. The number of morpholine rings is 1. The van der Waals surface area contributed by atoms with Crippen LogP contribution in [0.3, 0.4) is 0 Å². The summed E-state index contributed by atoms with van der Waals surface area (Å²) in [4.78, 5) is 2.60. The van der Waals surface area contributed by atoms with Gasteiger partial charge in [0.1, 0.15) is 0 Å². The van der Waals surface area contributed by atoms with Crippen LogP contribution in [-0.4, -0.2) is 49.3 Å². The second-order valence-electron chi connectivity index (χ2n) is 6.62. The lowest BCUT2D eigenvalue weighted by Gasteiger charge is -2.38. The maximum Gasteiger partial charge on any atom is 0.0619 e. The lowest BCUT2D eigenvalue weighted by molar-refractivity contribution is -0.0187. The van der Waals surface area contributed by atoms with E-state index >= 15 is 0 Å². The highest BCUT2D eigenvalue weighted by atomic mass is 16.5. The van der Waals surface area contributed by atoms with Crippen molar-refractivity contribution in [1.82, 2.24) is 10.2 Å². The third-order valence-electron chi connectivity index (χ3n) is 4.89. The summed E-state index contributed by atoms with van der Waals surface area (Å²) in [6.45, 7) is 8.71. The van der Waals surface area contributed by atoms with Gasteiger partial charge in [-0.1, -0.05) is 0 Å². The van der Waals surface area contributed by atoms with Gasteiger partial charge in [-0.3, -0.25) is 4.90 Å². The Hall–Kier alpha value is -0.120. The van der Waals surface area contributed by atoms with Gasteiger partial charge in [-0.15, -0.1) is 0 Å². The van der Waals surface area contributed by atoms with Gasteiger partial charge in [0.2, 0.25) is 0 Å². The summed E-state index contributed by atoms with van der Waals surface area (Å²) in [6, 6.07) is 2.06. The van der Waals surface area contributed by atoms with E-state index in [9.17, 15) is 0 Å². The number of rotatable bonds is 6. The SMILES string of the molecule is C[C@H](CNC(C1CC1)C1CC1)N1CCOC[C@H]1C. The Morgan fingerprint density at radius 2 is 1.89 bits per heavy atom. The number of hydrogen-bond donors (Lipinski definition) is 1. The van der Waals surface area contributed by atoms with E-state index in [1.807, 2.05) is 0 Å². The lowest BCUT2D eigenvalue weighted by Crippen LogP contribution is -2.52. The molecule has 0 radical (unpaired) electrons. The van der Waals surface area contributed by atoms with Crippen LogP contribution in [0.1, 0.15) is 39.5 Å². The van der Waals surface area contributed by atoms with Gasteiger partial charge in [-0.05, 0) is 51.4 Å². The highest BCUT2D eigenvalue weighted by Gasteiger charge is 2.41. The van der Waals surface area contributed by atoms with Crippen LogP contribution >= 0.6 is 0 Å². The number of nitrogens with one attached hydrogen (secondary N) is 1. The van der Waals surface area contributed by atoms with Crippen molar-refractivity contribution in [2.45, 2.75) is 57.7 Å². The number of hydrogen-bond acceptors (Lipinski definition) is 3. The molecule has 3 nitrogen and oxygen atoms in total. The predicted molar refractivity (Wildman–Crippen MR) is 73.7 cm³/mol. The molecule has 0 aromatic heterocycles. The summed E-state index contributed by atoms with van der Waals surface area (Å²) >= 11 is 0. The zero-order chi connectivity index (χ0) is 12.5. The molecule has 0 amide bonds. The summed E-state index contributed by atoms with van der Waals surface area (Å²) in [5, 5.41) is 3.88. The van der Waals surface area contributed by atoms with E-state index in [2.05, 4.69) is 24.1 Å². The van der Waals surface area contributed by atoms with E-state index < -0.39 is 0 Å². The second-order valence-corrected chi connectivity index (χ2v) is 6.62. The van der Waals surface area contributed by atoms with E-state index in [1.54, 1.807) is 0 Å². The zero-order valence-electron chi connectivity index (χ0n) is 11.9. The van der Waals surface area contributed by atoms with Crippen LogP contribution in [0.4, 0.5) is 0 Å². The van der Waals surface area contributed by atoms with Gasteiger partial charge in [0, 0.05) is 31.2 Å². The molecule has 0 unspecified atom stereocenters. The molecule has 3 aliphatic rings. The Morgan fingerprint density at radius 1 is 1.22 bits per heavy atom. The van der Waals surface area contributed by atoms with Crippen molar-refractivity contribution in [3.63, 3.8) is 0 Å². The van der Waals surface area contributed by atoms with Crippen molar-refractivity contribution >= 4 is 0 Å². The van der Waals surface area contributed by atoms with Crippen LogP contribution in [0.5, 0.6) is 0 Å². The fraction of sp³-hybridized carbons (Fsp3) is 1.00. The van der Waals surface area contributed by atoms with Gasteiger partial charge in [-0.25, -0.2) is 0 Å². The molecular formula is C15H28N2O. The summed E-state index contributed by atoms with van der Waals surface area (Å²) in [5.74, 6) is 2.01. The van der Waals surface area contributed by atoms with Crippen LogP contribution in [-0.2, 0) is 4.74 Å².